The van der Waals surface area contributed by atoms with Crippen LogP contribution >= 0.6 is 11.3 Å². The zero-order chi connectivity index (χ0) is 18.6. The molecule has 136 valence electrons. The Morgan fingerprint density at radius 1 is 1.11 bits per heavy atom. The van der Waals surface area contributed by atoms with Crippen LogP contribution in [-0.4, -0.2) is 22.0 Å². The van der Waals surface area contributed by atoms with E-state index in [0.717, 1.165) is 23.7 Å². The Morgan fingerprint density at radius 2 is 1.89 bits per heavy atom. The van der Waals surface area contributed by atoms with Crippen molar-refractivity contribution in [1.29, 1.82) is 0 Å². The van der Waals surface area contributed by atoms with Crippen LogP contribution in [0.5, 0.6) is 0 Å². The Hall–Kier alpha value is -2.92. The van der Waals surface area contributed by atoms with Crippen LogP contribution in [-0.2, 0) is 13.0 Å². The standard InChI is InChI=1S/C22H21N3OS/c1-2-25-19-11-7-6-10-17(19)14-20(25)22-24-18(15-27-22)21(26)23-13-12-16-8-4-3-5-9-16/h3-11,14-15H,2,12-13H2,1H3,(H,23,26). The summed E-state index contributed by atoms with van der Waals surface area (Å²) in [6.45, 7) is 3.59. The molecule has 0 bridgehead atoms. The van der Waals surface area contributed by atoms with Crippen molar-refractivity contribution in [3.05, 3.63) is 77.3 Å². The first kappa shape index (κ1) is 17.5. The number of hydrogen-bond acceptors (Lipinski definition) is 3. The van der Waals surface area contributed by atoms with Crippen molar-refractivity contribution < 1.29 is 4.79 Å². The molecule has 0 aliphatic heterocycles. The second-order valence-electron chi connectivity index (χ2n) is 6.36. The SMILES string of the molecule is CCn1c(-c2nc(C(=O)NCCc3ccccc3)cs2)cc2ccccc21. The van der Waals surface area contributed by atoms with Gasteiger partial charge < -0.3 is 9.88 Å². The number of aryl methyl sites for hydroxylation is 1. The van der Waals surface area contributed by atoms with Gasteiger partial charge in [0.05, 0.1) is 5.69 Å². The maximum atomic E-state index is 12.4. The summed E-state index contributed by atoms with van der Waals surface area (Å²) in [7, 11) is 0. The first-order valence-corrected chi connectivity index (χ1v) is 10.0. The second-order valence-corrected chi connectivity index (χ2v) is 7.22. The van der Waals surface area contributed by atoms with Crippen molar-refractivity contribution in [2.75, 3.05) is 6.54 Å². The number of fused-ring (bicyclic) bond motifs is 1. The van der Waals surface area contributed by atoms with E-state index in [0.29, 0.717) is 12.2 Å². The molecule has 4 nitrogen and oxygen atoms in total. The van der Waals surface area contributed by atoms with Gasteiger partial charge in [0.1, 0.15) is 10.7 Å². The Balaban J connectivity index is 1.49. The maximum absolute atomic E-state index is 12.4. The largest absolute Gasteiger partial charge is 0.350 e. The van der Waals surface area contributed by atoms with Crippen molar-refractivity contribution in [2.24, 2.45) is 0 Å². The van der Waals surface area contributed by atoms with Crippen molar-refractivity contribution >= 4 is 28.1 Å². The Kier molecular flexibility index (Phi) is 5.03. The highest BCUT2D eigenvalue weighted by Crippen LogP contribution is 2.30. The summed E-state index contributed by atoms with van der Waals surface area (Å²) in [6.07, 6.45) is 0.813. The second kappa shape index (κ2) is 7.76. The number of hydrogen-bond donors (Lipinski definition) is 1. The highest BCUT2D eigenvalue weighted by atomic mass is 32.1. The molecule has 5 heteroatoms. The molecule has 4 aromatic rings. The Bertz CT molecular complexity index is 1070. The van der Waals surface area contributed by atoms with Gasteiger partial charge in [-0.3, -0.25) is 4.79 Å². The Labute approximate surface area is 162 Å². The summed E-state index contributed by atoms with van der Waals surface area (Å²) in [5, 5.41) is 6.87. The maximum Gasteiger partial charge on any atom is 0.270 e. The number of benzene rings is 2. The molecule has 0 saturated heterocycles. The summed E-state index contributed by atoms with van der Waals surface area (Å²) < 4.78 is 2.24. The van der Waals surface area contributed by atoms with E-state index in [1.54, 1.807) is 0 Å². The van der Waals surface area contributed by atoms with Crippen LogP contribution in [0.15, 0.2) is 66.0 Å². The van der Waals surface area contributed by atoms with Crippen LogP contribution in [0.2, 0.25) is 0 Å². The Morgan fingerprint density at radius 3 is 2.70 bits per heavy atom. The van der Waals surface area contributed by atoms with Gasteiger partial charge in [-0.2, -0.15) is 0 Å². The molecular formula is C22H21N3OS. The van der Waals surface area contributed by atoms with Crippen LogP contribution in [0.3, 0.4) is 0 Å². The zero-order valence-corrected chi connectivity index (χ0v) is 16.0. The highest BCUT2D eigenvalue weighted by molar-refractivity contribution is 7.13. The molecule has 0 aliphatic rings. The summed E-state index contributed by atoms with van der Waals surface area (Å²) in [4.78, 5) is 17.0. The molecule has 0 spiro atoms. The summed E-state index contributed by atoms with van der Waals surface area (Å²) in [5.41, 5.74) is 3.95. The van der Waals surface area contributed by atoms with E-state index in [2.05, 4.69) is 52.1 Å². The number of aromatic nitrogens is 2. The molecule has 2 heterocycles. The molecule has 0 radical (unpaired) electrons. The third kappa shape index (κ3) is 3.64. The summed E-state index contributed by atoms with van der Waals surface area (Å²) >= 11 is 1.51. The number of carbonyl (C=O) groups is 1. The first-order valence-electron chi connectivity index (χ1n) is 9.12. The minimum Gasteiger partial charge on any atom is -0.350 e. The fraction of sp³-hybridized carbons (Fsp3) is 0.182. The van der Waals surface area contributed by atoms with E-state index in [1.807, 2.05) is 35.7 Å². The minimum atomic E-state index is -0.118. The number of nitrogens with zero attached hydrogens (tertiary/aromatic N) is 2. The topological polar surface area (TPSA) is 46.9 Å². The van der Waals surface area contributed by atoms with Crippen LogP contribution in [0.25, 0.3) is 21.6 Å². The van der Waals surface area contributed by atoms with Crippen molar-refractivity contribution in [1.82, 2.24) is 14.9 Å². The third-order valence-corrected chi connectivity index (χ3v) is 5.49. The molecule has 0 atom stereocenters. The van der Waals surface area contributed by atoms with Crippen LogP contribution in [0.1, 0.15) is 23.0 Å². The smallest absolute Gasteiger partial charge is 0.270 e. The number of nitrogens with one attached hydrogen (secondary N) is 1. The lowest BCUT2D eigenvalue weighted by molar-refractivity contribution is 0.0950. The van der Waals surface area contributed by atoms with Gasteiger partial charge in [0.25, 0.3) is 5.91 Å². The van der Waals surface area contributed by atoms with E-state index in [1.165, 1.54) is 27.8 Å². The molecular weight excluding hydrogens is 354 g/mol. The van der Waals surface area contributed by atoms with Crippen molar-refractivity contribution in [3.8, 4) is 10.7 Å². The van der Waals surface area contributed by atoms with E-state index < -0.39 is 0 Å². The molecule has 2 aromatic heterocycles. The molecule has 0 aliphatic carbocycles. The van der Waals surface area contributed by atoms with Gasteiger partial charge in [-0.15, -0.1) is 11.3 Å². The van der Waals surface area contributed by atoms with Gasteiger partial charge in [0.15, 0.2) is 0 Å². The molecule has 1 N–H and O–H groups in total. The molecule has 4 rings (SSSR count). The summed E-state index contributed by atoms with van der Waals surface area (Å²) in [6, 6.07) is 20.6. The monoisotopic (exact) mass is 375 g/mol. The first-order chi connectivity index (χ1) is 13.3. The molecule has 0 unspecified atom stereocenters. The average Bonchev–Trinajstić information content (AvgIpc) is 3.33. The number of carbonyl (C=O) groups excluding carboxylic acids is 1. The van der Waals surface area contributed by atoms with Gasteiger partial charge in [-0.05, 0) is 31.0 Å². The minimum absolute atomic E-state index is 0.118. The molecule has 0 saturated carbocycles. The van der Waals surface area contributed by atoms with Gasteiger partial charge >= 0.3 is 0 Å². The fourth-order valence-electron chi connectivity index (χ4n) is 3.28. The number of amides is 1. The van der Waals surface area contributed by atoms with E-state index in [4.69, 9.17) is 0 Å². The molecule has 1 amide bonds. The average molecular weight is 375 g/mol. The molecule has 27 heavy (non-hydrogen) atoms. The van der Waals surface area contributed by atoms with Crippen molar-refractivity contribution in [2.45, 2.75) is 19.9 Å². The molecule has 0 fully saturated rings. The molecule has 2 aromatic carbocycles. The van der Waals surface area contributed by atoms with Gasteiger partial charge in [-0.25, -0.2) is 4.98 Å². The summed E-state index contributed by atoms with van der Waals surface area (Å²) in [5.74, 6) is -0.118. The lowest BCUT2D eigenvalue weighted by Crippen LogP contribution is -2.25. The van der Waals surface area contributed by atoms with Gasteiger partial charge in [-0.1, -0.05) is 48.5 Å². The number of rotatable bonds is 6. The normalized spacial score (nSPS) is 11.0. The van der Waals surface area contributed by atoms with Crippen LogP contribution < -0.4 is 5.32 Å². The van der Waals surface area contributed by atoms with Crippen LogP contribution in [0, 0.1) is 0 Å². The third-order valence-electron chi connectivity index (χ3n) is 4.62. The number of para-hydroxylation sites is 1. The van der Waals surface area contributed by atoms with E-state index in [-0.39, 0.29) is 5.91 Å². The predicted octanol–water partition coefficient (Wildman–Crippen LogP) is 4.76. The number of thiazole rings is 1. The fourth-order valence-corrected chi connectivity index (χ4v) is 4.10. The predicted molar refractivity (Wildman–Crippen MR) is 111 cm³/mol. The van der Waals surface area contributed by atoms with E-state index in [9.17, 15) is 4.79 Å². The van der Waals surface area contributed by atoms with Gasteiger partial charge in [0, 0.05) is 29.4 Å². The van der Waals surface area contributed by atoms with E-state index >= 15 is 0 Å². The lowest BCUT2D eigenvalue weighted by atomic mass is 10.1. The van der Waals surface area contributed by atoms with Gasteiger partial charge in [0.2, 0.25) is 0 Å². The van der Waals surface area contributed by atoms with Crippen molar-refractivity contribution in [3.63, 3.8) is 0 Å². The quantitative estimate of drug-likeness (QED) is 0.528. The van der Waals surface area contributed by atoms with Crippen LogP contribution in [0.4, 0.5) is 0 Å². The lowest BCUT2D eigenvalue weighted by Gasteiger charge is -2.05. The zero-order valence-electron chi connectivity index (χ0n) is 15.2. The highest BCUT2D eigenvalue weighted by Gasteiger charge is 2.15.